The summed E-state index contributed by atoms with van der Waals surface area (Å²) in [6, 6.07) is 12.1. The van der Waals surface area contributed by atoms with Gasteiger partial charge in [-0.25, -0.2) is 4.39 Å². The fraction of sp³-hybridized carbons (Fsp3) is 0.188. The predicted molar refractivity (Wildman–Crippen MR) is 84.0 cm³/mol. The first kappa shape index (κ1) is 15.5. The van der Waals surface area contributed by atoms with Crippen LogP contribution in [0.5, 0.6) is 5.75 Å². The maximum atomic E-state index is 13.5. The maximum absolute atomic E-state index is 13.5. The van der Waals surface area contributed by atoms with E-state index in [9.17, 15) is 9.18 Å². The van der Waals surface area contributed by atoms with Crippen LogP contribution in [0.1, 0.15) is 12.0 Å². The van der Waals surface area contributed by atoms with Gasteiger partial charge in [-0.2, -0.15) is 0 Å². The SMILES string of the molecule is COc1ccc(CCC(=O)Nc2cccc(Br)c2)cc1F. The van der Waals surface area contributed by atoms with E-state index in [1.807, 2.05) is 24.3 Å². The molecular weight excluding hydrogens is 337 g/mol. The Morgan fingerprint density at radius 1 is 1.29 bits per heavy atom. The Morgan fingerprint density at radius 2 is 2.10 bits per heavy atom. The molecule has 0 unspecified atom stereocenters. The second-order valence-corrected chi connectivity index (χ2v) is 5.44. The number of hydrogen-bond donors (Lipinski definition) is 1. The largest absolute Gasteiger partial charge is 0.494 e. The third-order valence-corrected chi connectivity index (χ3v) is 3.46. The predicted octanol–water partition coefficient (Wildman–Crippen LogP) is 4.17. The van der Waals surface area contributed by atoms with Crippen molar-refractivity contribution in [3.05, 3.63) is 58.3 Å². The van der Waals surface area contributed by atoms with E-state index in [2.05, 4.69) is 21.2 Å². The summed E-state index contributed by atoms with van der Waals surface area (Å²) in [5.74, 6) is -0.316. The fourth-order valence-corrected chi connectivity index (χ4v) is 2.31. The first-order valence-electron chi connectivity index (χ1n) is 6.46. The van der Waals surface area contributed by atoms with Gasteiger partial charge in [0.2, 0.25) is 5.91 Å². The molecule has 0 atom stereocenters. The summed E-state index contributed by atoms with van der Waals surface area (Å²) in [6.45, 7) is 0. The fourth-order valence-electron chi connectivity index (χ4n) is 1.91. The molecule has 2 aromatic carbocycles. The van der Waals surface area contributed by atoms with Crippen molar-refractivity contribution in [2.24, 2.45) is 0 Å². The van der Waals surface area contributed by atoms with Crippen LogP contribution >= 0.6 is 15.9 Å². The maximum Gasteiger partial charge on any atom is 0.224 e. The van der Waals surface area contributed by atoms with Gasteiger partial charge < -0.3 is 10.1 Å². The number of benzene rings is 2. The van der Waals surface area contributed by atoms with E-state index in [1.54, 1.807) is 12.1 Å². The van der Waals surface area contributed by atoms with Gasteiger partial charge in [-0.15, -0.1) is 0 Å². The molecule has 0 aliphatic heterocycles. The highest BCUT2D eigenvalue weighted by molar-refractivity contribution is 9.10. The van der Waals surface area contributed by atoms with Crippen LogP contribution in [0.4, 0.5) is 10.1 Å². The monoisotopic (exact) mass is 351 g/mol. The highest BCUT2D eigenvalue weighted by Crippen LogP contribution is 2.19. The van der Waals surface area contributed by atoms with Gasteiger partial charge in [-0.1, -0.05) is 28.1 Å². The first-order valence-corrected chi connectivity index (χ1v) is 7.25. The number of aryl methyl sites for hydroxylation is 1. The number of carbonyl (C=O) groups is 1. The molecule has 2 rings (SSSR count). The Bertz CT molecular complexity index is 646. The molecule has 3 nitrogen and oxygen atoms in total. The van der Waals surface area contributed by atoms with Crippen LogP contribution in [0.15, 0.2) is 46.9 Å². The number of nitrogens with one attached hydrogen (secondary N) is 1. The van der Waals surface area contributed by atoms with Crippen molar-refractivity contribution < 1.29 is 13.9 Å². The molecule has 0 aliphatic rings. The normalized spacial score (nSPS) is 10.2. The molecule has 0 spiro atoms. The van der Waals surface area contributed by atoms with Gasteiger partial charge in [0.05, 0.1) is 7.11 Å². The second-order valence-electron chi connectivity index (χ2n) is 4.53. The lowest BCUT2D eigenvalue weighted by Gasteiger charge is -2.07. The molecule has 2 aromatic rings. The van der Waals surface area contributed by atoms with Crippen molar-refractivity contribution in [3.63, 3.8) is 0 Å². The Morgan fingerprint density at radius 3 is 2.76 bits per heavy atom. The quantitative estimate of drug-likeness (QED) is 0.877. The second kappa shape index (κ2) is 7.22. The topological polar surface area (TPSA) is 38.3 Å². The zero-order valence-corrected chi connectivity index (χ0v) is 13.1. The molecule has 21 heavy (non-hydrogen) atoms. The molecule has 1 amide bonds. The Kier molecular flexibility index (Phi) is 5.33. The molecule has 1 N–H and O–H groups in total. The van der Waals surface area contributed by atoms with E-state index in [-0.39, 0.29) is 18.1 Å². The van der Waals surface area contributed by atoms with Crippen molar-refractivity contribution >= 4 is 27.5 Å². The van der Waals surface area contributed by atoms with Gasteiger partial charge in [-0.05, 0) is 42.3 Å². The van der Waals surface area contributed by atoms with Crippen molar-refractivity contribution in [1.29, 1.82) is 0 Å². The number of hydrogen-bond acceptors (Lipinski definition) is 2. The van der Waals surface area contributed by atoms with E-state index < -0.39 is 5.82 Å². The summed E-state index contributed by atoms with van der Waals surface area (Å²) < 4.78 is 19.3. The molecule has 0 bridgehead atoms. The highest BCUT2D eigenvalue weighted by atomic mass is 79.9. The van der Waals surface area contributed by atoms with Gasteiger partial charge in [-0.3, -0.25) is 4.79 Å². The molecule has 5 heteroatoms. The summed E-state index contributed by atoms with van der Waals surface area (Å²) in [5, 5.41) is 2.80. The summed E-state index contributed by atoms with van der Waals surface area (Å²) in [4.78, 5) is 11.9. The molecule has 0 saturated carbocycles. The van der Waals surface area contributed by atoms with Crippen molar-refractivity contribution in [1.82, 2.24) is 0 Å². The Hall–Kier alpha value is -1.88. The van der Waals surface area contributed by atoms with Crippen LogP contribution in [-0.2, 0) is 11.2 Å². The van der Waals surface area contributed by atoms with Gasteiger partial charge in [0.15, 0.2) is 11.6 Å². The lowest BCUT2D eigenvalue weighted by Crippen LogP contribution is -2.12. The third kappa shape index (κ3) is 4.56. The summed E-state index contributed by atoms with van der Waals surface area (Å²) in [7, 11) is 1.42. The minimum absolute atomic E-state index is 0.107. The van der Waals surface area contributed by atoms with E-state index >= 15 is 0 Å². The minimum atomic E-state index is -0.414. The number of rotatable bonds is 5. The Balaban J connectivity index is 1.90. The summed E-state index contributed by atoms with van der Waals surface area (Å²) in [6.07, 6.45) is 0.763. The molecule has 0 heterocycles. The van der Waals surface area contributed by atoms with Crippen LogP contribution in [0.25, 0.3) is 0 Å². The summed E-state index contributed by atoms with van der Waals surface area (Å²) in [5.41, 5.74) is 1.49. The first-order chi connectivity index (χ1) is 10.1. The number of halogens is 2. The zero-order chi connectivity index (χ0) is 15.2. The number of ether oxygens (including phenoxy) is 1. The minimum Gasteiger partial charge on any atom is -0.494 e. The number of amides is 1. The van der Waals surface area contributed by atoms with Crippen molar-refractivity contribution in [3.8, 4) is 5.75 Å². The molecule has 0 aliphatic carbocycles. The molecule has 0 fully saturated rings. The van der Waals surface area contributed by atoms with Crippen LogP contribution in [0, 0.1) is 5.82 Å². The average molecular weight is 352 g/mol. The number of carbonyl (C=O) groups excluding carboxylic acids is 1. The van der Waals surface area contributed by atoms with E-state index in [0.29, 0.717) is 6.42 Å². The van der Waals surface area contributed by atoms with Gasteiger partial charge >= 0.3 is 0 Å². The van der Waals surface area contributed by atoms with Gasteiger partial charge in [0, 0.05) is 16.6 Å². The lowest BCUT2D eigenvalue weighted by molar-refractivity contribution is -0.116. The molecule has 110 valence electrons. The van der Waals surface area contributed by atoms with Crippen LogP contribution in [-0.4, -0.2) is 13.0 Å². The molecule has 0 aromatic heterocycles. The number of methoxy groups -OCH3 is 1. The van der Waals surface area contributed by atoms with E-state index in [0.717, 1.165) is 15.7 Å². The van der Waals surface area contributed by atoms with E-state index in [4.69, 9.17) is 4.74 Å². The smallest absolute Gasteiger partial charge is 0.224 e. The van der Waals surface area contributed by atoms with E-state index in [1.165, 1.54) is 13.2 Å². The average Bonchev–Trinajstić information content (AvgIpc) is 2.45. The zero-order valence-electron chi connectivity index (χ0n) is 11.5. The standard InChI is InChI=1S/C16H15BrFNO2/c1-21-15-7-5-11(9-14(15)18)6-8-16(20)19-13-4-2-3-12(17)10-13/h2-5,7,9-10H,6,8H2,1H3,(H,19,20). The van der Waals surface area contributed by atoms with Crippen molar-refractivity contribution in [2.75, 3.05) is 12.4 Å². The number of anilines is 1. The van der Waals surface area contributed by atoms with Crippen molar-refractivity contribution in [2.45, 2.75) is 12.8 Å². The van der Waals surface area contributed by atoms with Crippen LogP contribution in [0.2, 0.25) is 0 Å². The highest BCUT2D eigenvalue weighted by Gasteiger charge is 2.07. The van der Waals surface area contributed by atoms with Gasteiger partial charge in [0.1, 0.15) is 0 Å². The van der Waals surface area contributed by atoms with Crippen LogP contribution in [0.3, 0.4) is 0 Å². The lowest BCUT2D eigenvalue weighted by atomic mass is 10.1. The summed E-state index contributed by atoms with van der Waals surface area (Å²) >= 11 is 3.34. The van der Waals surface area contributed by atoms with Crippen LogP contribution < -0.4 is 10.1 Å². The molecule has 0 radical (unpaired) electrons. The Labute approximate surface area is 131 Å². The third-order valence-electron chi connectivity index (χ3n) is 2.97. The van der Waals surface area contributed by atoms with Gasteiger partial charge in [0.25, 0.3) is 0 Å². The molecule has 0 saturated heterocycles. The molecular formula is C16H15BrFNO2.